The Hall–Kier alpha value is -4.62. The predicted octanol–water partition coefficient (Wildman–Crippen LogP) is 3.93. The number of aryl methyl sites for hydroxylation is 2. The summed E-state index contributed by atoms with van der Waals surface area (Å²) in [5, 5.41) is 34.8. The number of aromatic amines is 1. The summed E-state index contributed by atoms with van der Waals surface area (Å²) in [6.45, 7) is 5.33. The molecule has 168 valence electrons. The standard InChI is InChI=1S/C24H20N8O2/c1-13-4-9-22(31-28-13)34-16-5-7-18-20(10-16)32(12-26-18)21-8-6-17(15(3)33)24(27-21)23-14(2)29-30-19(23)11-25/h4-10,12,15,33H,1-3H3,(H,29,30)/t15-/m0/s1. The van der Waals surface area contributed by atoms with Gasteiger partial charge in [-0.15, -0.1) is 5.10 Å². The third-order valence-corrected chi connectivity index (χ3v) is 5.41. The second kappa shape index (κ2) is 8.38. The number of hydrogen-bond acceptors (Lipinski definition) is 8. The monoisotopic (exact) mass is 452 g/mol. The average Bonchev–Trinajstić information content (AvgIpc) is 3.43. The van der Waals surface area contributed by atoms with E-state index in [1.807, 2.05) is 42.7 Å². The highest BCUT2D eigenvalue weighted by atomic mass is 16.5. The van der Waals surface area contributed by atoms with Crippen molar-refractivity contribution in [2.24, 2.45) is 0 Å². The summed E-state index contributed by atoms with van der Waals surface area (Å²) in [6, 6.07) is 14.8. The van der Waals surface area contributed by atoms with Crippen LogP contribution >= 0.6 is 0 Å². The number of imidazole rings is 1. The van der Waals surface area contributed by atoms with Gasteiger partial charge < -0.3 is 9.84 Å². The van der Waals surface area contributed by atoms with Crippen molar-refractivity contribution in [2.75, 3.05) is 0 Å². The molecule has 0 saturated heterocycles. The van der Waals surface area contributed by atoms with E-state index >= 15 is 0 Å². The molecule has 4 aromatic heterocycles. The molecule has 0 saturated carbocycles. The van der Waals surface area contributed by atoms with E-state index in [0.717, 1.165) is 16.7 Å². The molecular weight excluding hydrogens is 432 g/mol. The lowest BCUT2D eigenvalue weighted by molar-refractivity contribution is 0.199. The van der Waals surface area contributed by atoms with Crippen molar-refractivity contribution in [1.82, 2.24) is 34.9 Å². The van der Waals surface area contributed by atoms with E-state index in [0.29, 0.717) is 40.0 Å². The number of fused-ring (bicyclic) bond motifs is 1. The predicted molar refractivity (Wildman–Crippen MR) is 123 cm³/mol. The van der Waals surface area contributed by atoms with Crippen molar-refractivity contribution in [1.29, 1.82) is 5.26 Å². The number of nitrogens with one attached hydrogen (secondary N) is 1. The van der Waals surface area contributed by atoms with E-state index in [1.54, 1.807) is 31.5 Å². The smallest absolute Gasteiger partial charge is 0.238 e. The molecule has 2 N–H and O–H groups in total. The number of H-pyrrole nitrogens is 1. The van der Waals surface area contributed by atoms with Crippen molar-refractivity contribution < 1.29 is 9.84 Å². The Bertz CT molecular complexity index is 1540. The van der Waals surface area contributed by atoms with Crippen molar-refractivity contribution in [2.45, 2.75) is 26.9 Å². The summed E-state index contributed by atoms with van der Waals surface area (Å²) in [6.07, 6.45) is 0.884. The zero-order valence-corrected chi connectivity index (χ0v) is 18.7. The molecule has 10 heteroatoms. The second-order valence-electron chi connectivity index (χ2n) is 7.85. The van der Waals surface area contributed by atoms with Crippen LogP contribution < -0.4 is 4.74 Å². The summed E-state index contributed by atoms with van der Waals surface area (Å²) in [5.41, 5.74) is 4.87. The van der Waals surface area contributed by atoms with Crippen molar-refractivity contribution in [3.8, 4) is 34.8 Å². The maximum atomic E-state index is 10.3. The van der Waals surface area contributed by atoms with Crippen LogP contribution in [0.2, 0.25) is 0 Å². The lowest BCUT2D eigenvalue weighted by Gasteiger charge is -2.14. The number of nitriles is 1. The average molecular weight is 452 g/mol. The van der Waals surface area contributed by atoms with Crippen LogP contribution in [0, 0.1) is 25.2 Å². The highest BCUT2D eigenvalue weighted by molar-refractivity contribution is 5.79. The number of ether oxygens (including phenoxy) is 1. The fourth-order valence-electron chi connectivity index (χ4n) is 3.73. The molecule has 1 atom stereocenters. The number of hydrogen-bond donors (Lipinski definition) is 2. The molecule has 1 aromatic carbocycles. The minimum atomic E-state index is -0.785. The van der Waals surface area contributed by atoms with Crippen LogP contribution in [0.4, 0.5) is 0 Å². The van der Waals surface area contributed by atoms with Crippen molar-refractivity contribution in [3.05, 3.63) is 71.4 Å². The molecule has 34 heavy (non-hydrogen) atoms. The van der Waals surface area contributed by atoms with Crippen LogP contribution in [0.25, 0.3) is 28.1 Å². The molecule has 0 amide bonds. The molecule has 0 aliphatic heterocycles. The largest absolute Gasteiger partial charge is 0.437 e. The Morgan fingerprint density at radius 1 is 1.12 bits per heavy atom. The molecule has 4 heterocycles. The Morgan fingerprint density at radius 2 is 1.97 bits per heavy atom. The Balaban J connectivity index is 1.61. The third kappa shape index (κ3) is 3.74. The molecule has 0 spiro atoms. The van der Waals surface area contributed by atoms with Gasteiger partial charge in [0.25, 0.3) is 0 Å². The van der Waals surface area contributed by atoms with E-state index in [9.17, 15) is 10.4 Å². The van der Waals surface area contributed by atoms with Gasteiger partial charge in [0.1, 0.15) is 24.0 Å². The minimum Gasteiger partial charge on any atom is -0.437 e. The van der Waals surface area contributed by atoms with Crippen LogP contribution in [0.5, 0.6) is 11.6 Å². The number of benzene rings is 1. The lowest BCUT2D eigenvalue weighted by atomic mass is 10.0. The first-order valence-corrected chi connectivity index (χ1v) is 10.5. The zero-order valence-electron chi connectivity index (χ0n) is 18.7. The normalized spacial score (nSPS) is 12.0. The number of nitrogens with zero attached hydrogens (tertiary/aromatic N) is 7. The molecule has 10 nitrogen and oxygen atoms in total. The topological polar surface area (TPSA) is 138 Å². The number of aromatic nitrogens is 7. The van der Waals surface area contributed by atoms with E-state index in [2.05, 4.69) is 31.4 Å². The molecular formula is C24H20N8O2. The quantitative estimate of drug-likeness (QED) is 0.409. The third-order valence-electron chi connectivity index (χ3n) is 5.41. The SMILES string of the molecule is Cc1ccc(Oc2ccc3ncn(-c4ccc([C@H](C)O)c(-c5c(C#N)n[nH]c5C)n4)c3c2)nn1. The fraction of sp³-hybridized carbons (Fsp3) is 0.167. The van der Waals surface area contributed by atoms with E-state index in [1.165, 1.54) is 0 Å². The minimum absolute atomic E-state index is 0.217. The van der Waals surface area contributed by atoms with Gasteiger partial charge in [0.2, 0.25) is 5.88 Å². The summed E-state index contributed by atoms with van der Waals surface area (Å²) >= 11 is 0. The van der Waals surface area contributed by atoms with Gasteiger partial charge in [-0.25, -0.2) is 9.97 Å². The van der Waals surface area contributed by atoms with Gasteiger partial charge in [0.15, 0.2) is 5.69 Å². The van der Waals surface area contributed by atoms with Gasteiger partial charge in [-0.2, -0.15) is 15.5 Å². The lowest BCUT2D eigenvalue weighted by Crippen LogP contribution is -2.04. The maximum Gasteiger partial charge on any atom is 0.238 e. The summed E-state index contributed by atoms with van der Waals surface area (Å²) in [4.78, 5) is 9.29. The van der Waals surface area contributed by atoms with Gasteiger partial charge in [-0.3, -0.25) is 9.67 Å². The van der Waals surface area contributed by atoms with E-state index in [4.69, 9.17) is 9.72 Å². The molecule has 0 radical (unpaired) electrons. The zero-order chi connectivity index (χ0) is 23.8. The van der Waals surface area contributed by atoms with Crippen LogP contribution in [0.3, 0.4) is 0 Å². The molecule has 0 fully saturated rings. The summed E-state index contributed by atoms with van der Waals surface area (Å²) in [7, 11) is 0. The second-order valence-corrected chi connectivity index (χ2v) is 7.85. The van der Waals surface area contributed by atoms with E-state index < -0.39 is 6.10 Å². The Morgan fingerprint density at radius 3 is 2.71 bits per heavy atom. The Labute approximate surface area is 194 Å². The number of aliphatic hydroxyl groups excluding tert-OH is 1. The van der Waals surface area contributed by atoms with Crippen molar-refractivity contribution >= 4 is 11.0 Å². The van der Waals surface area contributed by atoms with Crippen LogP contribution in [0.15, 0.2) is 48.8 Å². The van der Waals surface area contributed by atoms with Crippen LogP contribution in [-0.4, -0.2) is 40.0 Å². The maximum absolute atomic E-state index is 10.3. The highest BCUT2D eigenvalue weighted by Crippen LogP contribution is 2.32. The molecule has 0 aliphatic carbocycles. The molecule has 0 aliphatic rings. The van der Waals surface area contributed by atoms with Gasteiger partial charge >= 0.3 is 0 Å². The van der Waals surface area contributed by atoms with Crippen molar-refractivity contribution in [3.63, 3.8) is 0 Å². The summed E-state index contributed by atoms with van der Waals surface area (Å²) in [5.74, 6) is 1.53. The Kier molecular flexibility index (Phi) is 5.24. The molecule has 0 bridgehead atoms. The van der Waals surface area contributed by atoms with Crippen LogP contribution in [0.1, 0.15) is 35.7 Å². The molecule has 0 unspecified atom stereocenters. The first-order chi connectivity index (χ1) is 16.4. The first kappa shape index (κ1) is 21.2. The first-order valence-electron chi connectivity index (χ1n) is 10.5. The number of rotatable bonds is 5. The fourth-order valence-corrected chi connectivity index (χ4v) is 3.73. The van der Waals surface area contributed by atoms with Gasteiger partial charge in [-0.05, 0) is 45.0 Å². The van der Waals surface area contributed by atoms with Gasteiger partial charge in [0, 0.05) is 23.4 Å². The molecule has 5 rings (SSSR count). The highest BCUT2D eigenvalue weighted by Gasteiger charge is 2.21. The number of pyridine rings is 1. The van der Waals surface area contributed by atoms with Gasteiger partial charge in [0.05, 0.1) is 34.1 Å². The van der Waals surface area contributed by atoms with Gasteiger partial charge in [-0.1, -0.05) is 6.07 Å². The summed E-state index contributed by atoms with van der Waals surface area (Å²) < 4.78 is 7.68. The van der Waals surface area contributed by atoms with E-state index in [-0.39, 0.29) is 5.69 Å². The number of aliphatic hydroxyl groups is 1. The molecule has 5 aromatic rings. The van der Waals surface area contributed by atoms with Crippen LogP contribution in [-0.2, 0) is 0 Å².